The Kier molecular flexibility index (Phi) is 3.72. The predicted octanol–water partition coefficient (Wildman–Crippen LogP) is 2.70. The summed E-state index contributed by atoms with van der Waals surface area (Å²) in [6.07, 6.45) is 1.11. The summed E-state index contributed by atoms with van der Waals surface area (Å²) in [6, 6.07) is 5.89. The molecule has 2 heteroatoms. The highest BCUT2D eigenvalue weighted by molar-refractivity contribution is 9.10. The minimum absolute atomic E-state index is 0.301. The van der Waals surface area contributed by atoms with Gasteiger partial charge in [-0.2, -0.15) is 0 Å². The lowest BCUT2D eigenvalue weighted by Crippen LogP contribution is -1.81. The highest BCUT2D eigenvalue weighted by Crippen LogP contribution is 2.14. The quantitative estimate of drug-likeness (QED) is 0.542. The van der Waals surface area contributed by atoms with Crippen molar-refractivity contribution in [2.45, 2.75) is 13.3 Å². The highest BCUT2D eigenvalue weighted by Gasteiger charge is 1.93. The van der Waals surface area contributed by atoms with Gasteiger partial charge in [0.15, 0.2) is 0 Å². The fraction of sp³-hybridized carbons (Fsp3) is 0.182. The summed E-state index contributed by atoms with van der Waals surface area (Å²) in [5.41, 5.74) is 2.10. The predicted molar refractivity (Wildman–Crippen MR) is 56.4 cm³/mol. The van der Waals surface area contributed by atoms with Gasteiger partial charge in [0.25, 0.3) is 0 Å². The van der Waals surface area contributed by atoms with Crippen LogP contribution in [0, 0.1) is 18.8 Å². The fourth-order valence-electron chi connectivity index (χ4n) is 0.955. The summed E-state index contributed by atoms with van der Waals surface area (Å²) < 4.78 is 1.05. The molecule has 66 valence electrons. The molecule has 0 heterocycles. The van der Waals surface area contributed by atoms with E-state index in [0.29, 0.717) is 6.42 Å². The molecule has 0 amide bonds. The number of rotatable bonds is 1. The Morgan fingerprint density at radius 3 is 2.92 bits per heavy atom. The summed E-state index contributed by atoms with van der Waals surface area (Å²) in [5.74, 6) is 5.72. The third kappa shape index (κ3) is 3.04. The van der Waals surface area contributed by atoms with Crippen LogP contribution in [-0.2, 0) is 4.79 Å². The molecule has 0 bridgehead atoms. The van der Waals surface area contributed by atoms with Crippen LogP contribution >= 0.6 is 15.9 Å². The molecule has 0 aliphatic rings. The number of aryl methyl sites for hydroxylation is 1. The molecule has 0 radical (unpaired) electrons. The van der Waals surface area contributed by atoms with E-state index in [1.54, 1.807) is 0 Å². The van der Waals surface area contributed by atoms with Crippen LogP contribution in [0.25, 0.3) is 0 Å². The van der Waals surface area contributed by atoms with Crippen molar-refractivity contribution < 1.29 is 4.79 Å². The van der Waals surface area contributed by atoms with Crippen LogP contribution in [0.2, 0.25) is 0 Å². The van der Waals surface area contributed by atoms with E-state index in [-0.39, 0.29) is 0 Å². The smallest absolute Gasteiger partial charge is 0.131 e. The second kappa shape index (κ2) is 4.84. The molecule has 0 aliphatic heterocycles. The molecule has 0 spiro atoms. The van der Waals surface area contributed by atoms with Crippen LogP contribution in [0.3, 0.4) is 0 Å². The summed E-state index contributed by atoms with van der Waals surface area (Å²) in [4.78, 5) is 10.0. The number of hydrogen-bond acceptors (Lipinski definition) is 1. The van der Waals surface area contributed by atoms with Crippen molar-refractivity contribution in [2.75, 3.05) is 0 Å². The lowest BCUT2D eigenvalue weighted by atomic mass is 10.1. The average molecular weight is 237 g/mol. The van der Waals surface area contributed by atoms with Crippen LogP contribution in [0.1, 0.15) is 17.5 Å². The molecule has 1 rings (SSSR count). The number of halogens is 1. The van der Waals surface area contributed by atoms with Gasteiger partial charge in [-0.25, -0.2) is 0 Å². The Morgan fingerprint density at radius 1 is 1.54 bits per heavy atom. The summed E-state index contributed by atoms with van der Waals surface area (Å²) in [7, 11) is 0. The van der Waals surface area contributed by atoms with Crippen molar-refractivity contribution in [2.24, 2.45) is 0 Å². The molecular weight excluding hydrogens is 228 g/mol. The number of aldehydes is 1. The molecule has 0 unspecified atom stereocenters. The Labute approximate surface area is 86.3 Å². The van der Waals surface area contributed by atoms with Gasteiger partial charge in [0.1, 0.15) is 6.29 Å². The first-order chi connectivity index (χ1) is 6.24. The van der Waals surface area contributed by atoms with E-state index in [4.69, 9.17) is 0 Å². The van der Waals surface area contributed by atoms with Crippen molar-refractivity contribution in [3.63, 3.8) is 0 Å². The van der Waals surface area contributed by atoms with Crippen LogP contribution < -0.4 is 0 Å². The van der Waals surface area contributed by atoms with Gasteiger partial charge in [-0.1, -0.05) is 27.8 Å². The number of carbonyl (C=O) groups is 1. The lowest BCUT2D eigenvalue weighted by Gasteiger charge is -1.97. The minimum atomic E-state index is 0.301. The normalized spacial score (nSPS) is 8.77. The van der Waals surface area contributed by atoms with E-state index in [9.17, 15) is 4.79 Å². The van der Waals surface area contributed by atoms with E-state index in [0.717, 1.165) is 21.9 Å². The zero-order valence-corrected chi connectivity index (χ0v) is 8.89. The Hall–Kier alpha value is -1.07. The zero-order chi connectivity index (χ0) is 9.68. The van der Waals surface area contributed by atoms with Crippen LogP contribution in [0.15, 0.2) is 22.7 Å². The second-order valence-electron chi connectivity index (χ2n) is 2.63. The Bertz CT molecular complexity index is 371. The van der Waals surface area contributed by atoms with Crippen molar-refractivity contribution in [3.8, 4) is 11.8 Å². The summed E-state index contributed by atoms with van der Waals surface area (Å²) in [5, 5.41) is 0. The largest absolute Gasteiger partial charge is 0.302 e. The van der Waals surface area contributed by atoms with Gasteiger partial charge in [-0.3, -0.25) is 0 Å². The van der Waals surface area contributed by atoms with Gasteiger partial charge >= 0.3 is 0 Å². The van der Waals surface area contributed by atoms with E-state index >= 15 is 0 Å². The van der Waals surface area contributed by atoms with Gasteiger partial charge < -0.3 is 4.79 Å². The molecule has 13 heavy (non-hydrogen) atoms. The van der Waals surface area contributed by atoms with Gasteiger partial charge in [0.05, 0.1) is 6.42 Å². The SMILES string of the molecule is Cc1cc(Br)ccc1C#CCC=O. The van der Waals surface area contributed by atoms with Gasteiger partial charge in [-0.05, 0) is 30.7 Å². The summed E-state index contributed by atoms with van der Waals surface area (Å²) >= 11 is 3.37. The molecule has 1 aromatic rings. The van der Waals surface area contributed by atoms with Crippen LogP contribution in [0.4, 0.5) is 0 Å². The molecule has 0 saturated heterocycles. The van der Waals surface area contributed by atoms with Crippen LogP contribution in [-0.4, -0.2) is 6.29 Å². The monoisotopic (exact) mass is 236 g/mol. The second-order valence-corrected chi connectivity index (χ2v) is 3.55. The molecular formula is C11H9BrO. The van der Waals surface area contributed by atoms with E-state index < -0.39 is 0 Å². The lowest BCUT2D eigenvalue weighted by molar-refractivity contribution is -0.107. The van der Waals surface area contributed by atoms with E-state index in [1.807, 2.05) is 25.1 Å². The zero-order valence-electron chi connectivity index (χ0n) is 7.30. The number of benzene rings is 1. The standard InChI is InChI=1S/C11H9BrO/c1-9-8-11(12)6-5-10(9)4-2-3-7-13/h5-8H,3H2,1H3. The molecule has 0 aromatic heterocycles. The van der Waals surface area contributed by atoms with Crippen LogP contribution in [0.5, 0.6) is 0 Å². The Balaban J connectivity index is 2.91. The van der Waals surface area contributed by atoms with Crippen molar-refractivity contribution in [1.29, 1.82) is 0 Å². The van der Waals surface area contributed by atoms with Gasteiger partial charge in [0, 0.05) is 10.0 Å². The van der Waals surface area contributed by atoms with Crippen molar-refractivity contribution in [3.05, 3.63) is 33.8 Å². The molecule has 0 N–H and O–H groups in total. The minimum Gasteiger partial charge on any atom is -0.302 e. The van der Waals surface area contributed by atoms with Gasteiger partial charge in [0.2, 0.25) is 0 Å². The maximum atomic E-state index is 10.0. The van der Waals surface area contributed by atoms with Crippen molar-refractivity contribution >= 4 is 22.2 Å². The Morgan fingerprint density at radius 2 is 2.31 bits per heavy atom. The molecule has 1 aromatic carbocycles. The van der Waals surface area contributed by atoms with E-state index in [1.165, 1.54) is 0 Å². The molecule has 0 saturated carbocycles. The maximum absolute atomic E-state index is 10.0. The third-order valence-corrected chi connectivity index (χ3v) is 2.09. The molecule has 1 nitrogen and oxygen atoms in total. The summed E-state index contributed by atoms with van der Waals surface area (Å²) in [6.45, 7) is 2.00. The number of carbonyl (C=O) groups excluding carboxylic acids is 1. The van der Waals surface area contributed by atoms with Crippen molar-refractivity contribution in [1.82, 2.24) is 0 Å². The van der Waals surface area contributed by atoms with Gasteiger partial charge in [-0.15, -0.1) is 0 Å². The van der Waals surface area contributed by atoms with E-state index in [2.05, 4.69) is 27.8 Å². The first kappa shape index (κ1) is 10.0. The first-order valence-corrected chi connectivity index (χ1v) is 4.72. The number of hydrogen-bond donors (Lipinski definition) is 0. The third-order valence-electron chi connectivity index (χ3n) is 1.60. The molecule has 0 aliphatic carbocycles. The highest BCUT2D eigenvalue weighted by atomic mass is 79.9. The first-order valence-electron chi connectivity index (χ1n) is 3.92. The molecule has 0 fully saturated rings. The topological polar surface area (TPSA) is 17.1 Å². The average Bonchev–Trinajstić information content (AvgIpc) is 2.09. The fourth-order valence-corrected chi connectivity index (χ4v) is 1.43. The maximum Gasteiger partial charge on any atom is 0.131 e. The molecule has 0 atom stereocenters.